The van der Waals surface area contributed by atoms with Gasteiger partial charge < -0.3 is 40.6 Å². The van der Waals surface area contributed by atoms with Crippen LogP contribution in [0, 0.1) is 0 Å². The Morgan fingerprint density at radius 3 is 1.23 bits per heavy atom. The molecule has 0 bridgehead atoms. The Labute approximate surface area is 203 Å². The van der Waals surface area contributed by atoms with Gasteiger partial charge in [0, 0.05) is 17.8 Å². The van der Waals surface area contributed by atoms with E-state index in [4.69, 9.17) is 30.4 Å². The summed E-state index contributed by atoms with van der Waals surface area (Å²) in [5, 5.41) is 35.2. The molecule has 14 nitrogen and oxygen atoms in total. The van der Waals surface area contributed by atoms with E-state index in [-0.39, 0.29) is 32.8 Å². The number of esters is 2. The minimum Gasteiger partial charge on any atom is -0.480 e. The Hall–Kier alpha value is -4.10. The molecule has 0 fully saturated rings. The second-order valence-corrected chi connectivity index (χ2v) is 6.49. The molecule has 0 rings (SSSR count). The summed E-state index contributed by atoms with van der Waals surface area (Å²) in [6, 6.07) is 0. The summed E-state index contributed by atoms with van der Waals surface area (Å²) < 4.78 is 19.5. The first-order valence-corrected chi connectivity index (χ1v) is 10.7. The topological polar surface area (TPSA) is 213 Å². The van der Waals surface area contributed by atoms with E-state index in [9.17, 15) is 19.8 Å². The number of aliphatic hydroxyl groups is 2. The zero-order valence-electron chi connectivity index (χ0n) is 20.8. The highest BCUT2D eigenvalue weighted by Crippen LogP contribution is 2.09. The van der Waals surface area contributed by atoms with Crippen LogP contribution in [0.5, 0.6) is 0 Å². The largest absolute Gasteiger partial charge is 0.480 e. The van der Waals surface area contributed by atoms with Gasteiger partial charge in [-0.15, -0.1) is 10.2 Å². The fraction of sp³-hybridized carbons (Fsp3) is 0.524. The maximum absolute atomic E-state index is 12.1. The maximum atomic E-state index is 12.1. The lowest BCUT2D eigenvalue weighted by Crippen LogP contribution is -2.25. The second-order valence-electron chi connectivity index (χ2n) is 6.49. The normalized spacial score (nSPS) is 14.6. The molecule has 0 radical (unpaired) electrons. The number of rotatable bonds is 14. The number of ether oxygens (including phenoxy) is 4. The predicted octanol–water partition coefficient (Wildman–Crippen LogP) is 1.58. The van der Waals surface area contributed by atoms with E-state index in [1.165, 1.54) is 0 Å². The summed E-state index contributed by atoms with van der Waals surface area (Å²) in [6.45, 7) is 9.85. The van der Waals surface area contributed by atoms with E-state index < -0.39 is 46.6 Å². The van der Waals surface area contributed by atoms with E-state index in [1.54, 1.807) is 41.5 Å². The molecule has 0 spiro atoms. The lowest BCUT2D eigenvalue weighted by molar-refractivity contribution is -0.139. The van der Waals surface area contributed by atoms with Crippen LogP contribution in [0.25, 0.3) is 0 Å². The molecule has 0 unspecified atom stereocenters. The molecule has 0 aromatic heterocycles. The first-order valence-electron chi connectivity index (χ1n) is 10.7. The van der Waals surface area contributed by atoms with Gasteiger partial charge in [0.15, 0.2) is 22.8 Å². The molecule has 0 aliphatic heterocycles. The highest BCUT2D eigenvalue weighted by molar-refractivity contribution is 6.19. The number of hydrogen-bond donors (Lipinski definition) is 4. The second kappa shape index (κ2) is 16.5. The molecule has 0 aliphatic rings. The van der Waals surface area contributed by atoms with Crippen molar-refractivity contribution in [3.63, 3.8) is 0 Å². The maximum Gasteiger partial charge on any atom is 0.349 e. The van der Waals surface area contributed by atoms with Gasteiger partial charge in [0.1, 0.15) is 0 Å². The summed E-state index contributed by atoms with van der Waals surface area (Å²) in [7, 11) is 0. The quantitative estimate of drug-likeness (QED) is 0.0677. The Morgan fingerprint density at radius 2 is 0.943 bits per heavy atom. The van der Waals surface area contributed by atoms with Gasteiger partial charge in [-0.2, -0.15) is 10.2 Å². The average Bonchev–Trinajstić information content (AvgIpc) is 2.77. The minimum absolute atomic E-state index is 0.0477. The molecule has 6 N–H and O–H groups in total. The van der Waals surface area contributed by atoms with E-state index in [0.717, 1.165) is 0 Å². The lowest BCUT2D eigenvalue weighted by Gasteiger charge is -2.09. The van der Waals surface area contributed by atoms with Gasteiger partial charge in [0.2, 0.25) is 0 Å². The predicted molar refractivity (Wildman–Crippen MR) is 130 cm³/mol. The first kappa shape index (κ1) is 30.9. The summed E-state index contributed by atoms with van der Waals surface area (Å²) in [6.07, 6.45) is 0.152. The molecule has 0 atom stereocenters. The molecule has 0 heterocycles. The van der Waals surface area contributed by atoms with Gasteiger partial charge in [-0.1, -0.05) is 0 Å². The minimum atomic E-state index is -0.920. The Balaban J connectivity index is 5.77. The van der Waals surface area contributed by atoms with Gasteiger partial charge in [-0.05, 0) is 41.5 Å². The number of carbonyl (C=O) groups is 2. The van der Waals surface area contributed by atoms with E-state index in [1.807, 2.05) is 0 Å². The Bertz CT molecular complexity index is 860. The first-order chi connectivity index (χ1) is 16.5. The molecule has 0 aromatic carbocycles. The summed E-state index contributed by atoms with van der Waals surface area (Å²) >= 11 is 0. The van der Waals surface area contributed by atoms with E-state index in [2.05, 4.69) is 20.4 Å². The van der Waals surface area contributed by atoms with Crippen molar-refractivity contribution in [3.05, 3.63) is 23.0 Å². The molecular formula is C21H34N6O8. The van der Waals surface area contributed by atoms with Crippen LogP contribution in [0.2, 0.25) is 0 Å². The zero-order chi connectivity index (χ0) is 27.0. The van der Waals surface area contributed by atoms with Crippen LogP contribution in [-0.4, -0.2) is 71.7 Å². The van der Waals surface area contributed by atoms with Crippen molar-refractivity contribution in [2.75, 3.05) is 26.4 Å². The SMILES string of the molecule is CCOC(=O)C(/C(N)=N/N=C(C)CC(C)=N/N=C(N)/C(C(=O)OCC)=C(\O)OCC)=C(/O)OCC. The third kappa shape index (κ3) is 11.0. The third-order valence-corrected chi connectivity index (χ3v) is 3.63. The average molecular weight is 499 g/mol. The number of amidine groups is 2. The van der Waals surface area contributed by atoms with Crippen molar-refractivity contribution in [3.8, 4) is 0 Å². The molecule has 14 heteroatoms. The fourth-order valence-corrected chi connectivity index (χ4v) is 2.25. The zero-order valence-corrected chi connectivity index (χ0v) is 20.8. The summed E-state index contributed by atoms with van der Waals surface area (Å²) in [4.78, 5) is 24.1. The van der Waals surface area contributed by atoms with Crippen LogP contribution in [0.15, 0.2) is 43.4 Å². The lowest BCUT2D eigenvalue weighted by atomic mass is 10.2. The van der Waals surface area contributed by atoms with Gasteiger partial charge >= 0.3 is 11.9 Å². The molecule has 0 saturated heterocycles. The Kier molecular flexibility index (Phi) is 14.6. The van der Waals surface area contributed by atoms with Gasteiger partial charge in [0.25, 0.3) is 11.9 Å². The highest BCUT2D eigenvalue weighted by Gasteiger charge is 2.24. The third-order valence-electron chi connectivity index (χ3n) is 3.63. The van der Waals surface area contributed by atoms with Crippen LogP contribution < -0.4 is 11.5 Å². The van der Waals surface area contributed by atoms with Crippen LogP contribution in [-0.2, 0) is 28.5 Å². The molecule has 35 heavy (non-hydrogen) atoms. The molecule has 0 aliphatic carbocycles. The molecule has 196 valence electrons. The van der Waals surface area contributed by atoms with Crippen molar-refractivity contribution >= 4 is 35.0 Å². The van der Waals surface area contributed by atoms with Gasteiger partial charge in [-0.25, -0.2) is 9.59 Å². The standard InChI is InChI=1S/C21H34N6O8/c1-7-32-18(28)14(19(29)33-8-2)16(22)26-24-12(5)11-13(6)25-27-17(23)15(20(30)34-9-3)21(31)35-10-4/h28,30H,7-11H2,1-6H3,(H2,22,26)(H2,23,27)/b18-14-,20-15-,24-12?,25-13?. The number of hydrogen-bond acceptors (Lipinski definition) is 12. The molecular weight excluding hydrogens is 464 g/mol. The van der Waals surface area contributed by atoms with E-state index in [0.29, 0.717) is 11.4 Å². The summed E-state index contributed by atoms with van der Waals surface area (Å²) in [5.74, 6) is -4.14. The van der Waals surface area contributed by atoms with E-state index >= 15 is 0 Å². The van der Waals surface area contributed by atoms with Crippen molar-refractivity contribution in [1.29, 1.82) is 0 Å². The van der Waals surface area contributed by atoms with Crippen molar-refractivity contribution < 1.29 is 38.7 Å². The molecule has 0 amide bonds. The number of carbonyl (C=O) groups excluding carboxylic acids is 2. The Morgan fingerprint density at radius 1 is 0.629 bits per heavy atom. The monoisotopic (exact) mass is 498 g/mol. The van der Waals surface area contributed by atoms with Crippen LogP contribution in [0.1, 0.15) is 48.0 Å². The smallest absolute Gasteiger partial charge is 0.349 e. The van der Waals surface area contributed by atoms with Crippen molar-refractivity contribution in [2.45, 2.75) is 48.0 Å². The molecule has 0 aromatic rings. The summed E-state index contributed by atoms with van der Waals surface area (Å²) in [5.41, 5.74) is 11.5. The van der Waals surface area contributed by atoms with Crippen molar-refractivity contribution in [2.24, 2.45) is 31.9 Å². The molecule has 0 saturated carbocycles. The fourth-order valence-electron chi connectivity index (χ4n) is 2.25. The van der Waals surface area contributed by atoms with Gasteiger partial charge in [0.05, 0.1) is 26.4 Å². The number of nitrogens with two attached hydrogens (primary N) is 2. The highest BCUT2D eigenvalue weighted by atomic mass is 16.6. The van der Waals surface area contributed by atoms with Crippen LogP contribution >= 0.6 is 0 Å². The van der Waals surface area contributed by atoms with Crippen LogP contribution in [0.4, 0.5) is 0 Å². The number of aliphatic hydroxyl groups excluding tert-OH is 2. The van der Waals surface area contributed by atoms with Crippen LogP contribution in [0.3, 0.4) is 0 Å². The van der Waals surface area contributed by atoms with Crippen molar-refractivity contribution in [1.82, 2.24) is 0 Å². The van der Waals surface area contributed by atoms with Gasteiger partial charge in [-0.3, -0.25) is 0 Å². The number of nitrogens with zero attached hydrogens (tertiary/aromatic N) is 4.